The summed E-state index contributed by atoms with van der Waals surface area (Å²) in [4.78, 5) is 31.6. The number of carbonyl (C=O) groups excluding carboxylic acids is 2. The van der Waals surface area contributed by atoms with Gasteiger partial charge in [0.15, 0.2) is 11.8 Å². The van der Waals surface area contributed by atoms with Crippen molar-refractivity contribution in [3.8, 4) is 5.75 Å². The monoisotopic (exact) mass is 700 g/mol. The van der Waals surface area contributed by atoms with Crippen molar-refractivity contribution in [3.63, 3.8) is 0 Å². The van der Waals surface area contributed by atoms with Crippen LogP contribution < -0.4 is 4.74 Å². The van der Waals surface area contributed by atoms with E-state index in [1.54, 1.807) is 17.2 Å². The molecule has 10 heteroatoms. The van der Waals surface area contributed by atoms with Gasteiger partial charge in [0.25, 0.3) is 5.91 Å². The number of ether oxygens (including phenoxy) is 2. The van der Waals surface area contributed by atoms with E-state index in [1.807, 2.05) is 54.6 Å². The van der Waals surface area contributed by atoms with Crippen molar-refractivity contribution < 1.29 is 23.5 Å². The summed E-state index contributed by atoms with van der Waals surface area (Å²) >= 11 is 5.62. The van der Waals surface area contributed by atoms with Crippen LogP contribution in [0.1, 0.15) is 11.3 Å². The molecule has 3 aromatic rings. The van der Waals surface area contributed by atoms with E-state index in [1.165, 1.54) is 18.9 Å². The smallest absolute Gasteiger partial charge is 0.343 e. The summed E-state index contributed by atoms with van der Waals surface area (Å²) in [6.45, 7) is 0.121. The molecule has 0 aliphatic carbocycles. The molecule has 1 fully saturated rings. The minimum atomic E-state index is -0.451. The third-order valence-electron chi connectivity index (χ3n) is 4.64. The Morgan fingerprint density at radius 1 is 1.15 bits per heavy atom. The van der Waals surface area contributed by atoms with Crippen LogP contribution in [0.15, 0.2) is 75.2 Å². The minimum absolute atomic E-state index is 0.146. The van der Waals surface area contributed by atoms with Gasteiger partial charge >= 0.3 is 5.97 Å². The van der Waals surface area contributed by atoms with Crippen LogP contribution in [0.4, 0.5) is 5.69 Å². The average molecular weight is 700 g/mol. The summed E-state index contributed by atoms with van der Waals surface area (Å²) in [7, 11) is 1.32. The van der Waals surface area contributed by atoms with Crippen molar-refractivity contribution in [1.29, 1.82) is 0 Å². The number of thioether (sulfide) groups is 1. The first-order valence-electron chi connectivity index (χ1n) is 10.0. The second-order valence-corrected chi connectivity index (χ2v) is 10.3. The lowest BCUT2D eigenvalue weighted by Crippen LogP contribution is -2.28. The first kappa shape index (κ1) is 24.8. The van der Waals surface area contributed by atoms with E-state index in [0.29, 0.717) is 21.6 Å². The van der Waals surface area contributed by atoms with Gasteiger partial charge in [-0.05, 0) is 105 Å². The van der Waals surface area contributed by atoms with Crippen LogP contribution >= 0.6 is 56.9 Å². The van der Waals surface area contributed by atoms with Gasteiger partial charge in [-0.3, -0.25) is 9.69 Å². The number of furan rings is 1. The molecule has 0 unspecified atom stereocenters. The molecule has 1 aliphatic heterocycles. The van der Waals surface area contributed by atoms with Gasteiger partial charge in [-0.25, -0.2) is 9.79 Å². The summed E-state index contributed by atoms with van der Waals surface area (Å²) in [5.74, 6) is 0.678. The fourth-order valence-corrected chi connectivity index (χ4v) is 6.17. The third-order valence-corrected chi connectivity index (χ3v) is 7.25. The first-order chi connectivity index (χ1) is 16.4. The minimum Gasteiger partial charge on any atom is -0.480 e. The van der Waals surface area contributed by atoms with Crippen LogP contribution in [0.25, 0.3) is 6.08 Å². The largest absolute Gasteiger partial charge is 0.480 e. The molecule has 0 radical (unpaired) electrons. The number of benzene rings is 2. The number of rotatable bonds is 7. The molecule has 174 valence electrons. The maximum atomic E-state index is 13.3. The molecule has 1 amide bonds. The topological polar surface area (TPSA) is 81.3 Å². The Balaban J connectivity index is 1.63. The Hall–Kier alpha value is -2.32. The van der Waals surface area contributed by atoms with Gasteiger partial charge in [-0.15, -0.1) is 0 Å². The lowest BCUT2D eigenvalue weighted by molar-refractivity contribution is -0.143. The van der Waals surface area contributed by atoms with Crippen molar-refractivity contribution in [2.45, 2.75) is 6.54 Å². The van der Waals surface area contributed by atoms with Gasteiger partial charge in [0, 0.05) is 0 Å². The normalized spacial score (nSPS) is 15.9. The fraction of sp³-hybridized carbons (Fsp3) is 0.125. The Morgan fingerprint density at radius 2 is 1.88 bits per heavy atom. The highest BCUT2D eigenvalue weighted by molar-refractivity contribution is 14.1. The Kier molecular flexibility index (Phi) is 8.32. The number of para-hydroxylation sites is 1. The molecule has 0 bridgehead atoms. The molecule has 1 aliphatic rings. The van der Waals surface area contributed by atoms with Gasteiger partial charge in [-0.1, -0.05) is 18.2 Å². The van der Waals surface area contributed by atoms with E-state index < -0.39 is 5.97 Å². The van der Waals surface area contributed by atoms with E-state index in [4.69, 9.17) is 14.1 Å². The summed E-state index contributed by atoms with van der Waals surface area (Å²) in [6.07, 6.45) is 3.42. The molecule has 1 aromatic heterocycles. The average Bonchev–Trinajstić information content (AvgIpc) is 3.43. The third kappa shape index (κ3) is 6.02. The predicted octanol–water partition coefficient (Wildman–Crippen LogP) is 5.84. The van der Waals surface area contributed by atoms with E-state index in [2.05, 4.69) is 49.9 Å². The lowest BCUT2D eigenvalue weighted by atomic mass is 10.2. The number of hydrogen-bond donors (Lipinski definition) is 0. The number of methoxy groups -OCH3 is 1. The SMILES string of the molecule is COC(=O)COc1c(I)cc(/C=C2\SC(=Nc3ccccc3)N(Cc3ccco3)C2=O)cc1I. The van der Waals surface area contributed by atoms with Crippen molar-refractivity contribution >= 4 is 85.8 Å². The number of aliphatic imine (C=N–C) groups is 1. The van der Waals surface area contributed by atoms with Crippen LogP contribution in [0.3, 0.4) is 0 Å². The number of amides is 1. The molecule has 0 spiro atoms. The molecule has 0 atom stereocenters. The van der Waals surface area contributed by atoms with Gasteiger partial charge in [0.1, 0.15) is 11.5 Å². The zero-order chi connectivity index (χ0) is 24.1. The summed E-state index contributed by atoms with van der Waals surface area (Å²) in [5, 5.41) is 0.585. The zero-order valence-electron chi connectivity index (χ0n) is 17.9. The van der Waals surface area contributed by atoms with Crippen LogP contribution in [0.5, 0.6) is 5.75 Å². The highest BCUT2D eigenvalue weighted by atomic mass is 127. The molecule has 0 saturated carbocycles. The van der Waals surface area contributed by atoms with Gasteiger partial charge in [0.2, 0.25) is 0 Å². The molecule has 34 heavy (non-hydrogen) atoms. The molecular formula is C24H18I2N2O5S. The quantitative estimate of drug-likeness (QED) is 0.175. The first-order valence-corrected chi connectivity index (χ1v) is 13.0. The molecule has 0 N–H and O–H groups in total. The Morgan fingerprint density at radius 3 is 2.53 bits per heavy atom. The highest BCUT2D eigenvalue weighted by Gasteiger charge is 2.34. The maximum absolute atomic E-state index is 13.3. The van der Waals surface area contributed by atoms with Gasteiger partial charge in [0.05, 0.1) is 37.7 Å². The van der Waals surface area contributed by atoms with E-state index in [9.17, 15) is 9.59 Å². The van der Waals surface area contributed by atoms with E-state index in [-0.39, 0.29) is 19.1 Å². The highest BCUT2D eigenvalue weighted by Crippen LogP contribution is 2.36. The lowest BCUT2D eigenvalue weighted by Gasteiger charge is -2.13. The molecule has 2 aromatic carbocycles. The molecule has 7 nitrogen and oxygen atoms in total. The Bertz CT molecular complexity index is 1240. The fourth-order valence-electron chi connectivity index (χ4n) is 3.04. The number of hydrogen-bond acceptors (Lipinski definition) is 7. The molecule has 4 rings (SSSR count). The van der Waals surface area contributed by atoms with Crippen LogP contribution in [-0.4, -0.2) is 35.7 Å². The molecule has 2 heterocycles. The number of nitrogens with zero attached hydrogens (tertiary/aromatic N) is 2. The van der Waals surface area contributed by atoms with E-state index in [0.717, 1.165) is 18.4 Å². The summed E-state index contributed by atoms with van der Waals surface area (Å²) < 4.78 is 17.3. The molecular weight excluding hydrogens is 682 g/mol. The van der Waals surface area contributed by atoms with Crippen molar-refractivity contribution in [3.05, 3.63) is 84.2 Å². The van der Waals surface area contributed by atoms with E-state index >= 15 is 0 Å². The van der Waals surface area contributed by atoms with Crippen molar-refractivity contribution in [2.75, 3.05) is 13.7 Å². The van der Waals surface area contributed by atoms with Crippen molar-refractivity contribution in [2.24, 2.45) is 4.99 Å². The zero-order valence-corrected chi connectivity index (χ0v) is 23.0. The number of esters is 1. The van der Waals surface area contributed by atoms with Crippen LogP contribution in [-0.2, 0) is 20.9 Å². The summed E-state index contributed by atoms with van der Waals surface area (Å²) in [6, 6.07) is 16.9. The maximum Gasteiger partial charge on any atom is 0.343 e. The predicted molar refractivity (Wildman–Crippen MR) is 148 cm³/mol. The standard InChI is InChI=1S/C24H18I2N2O5S/c1-31-21(29)14-33-22-18(25)10-15(11-19(22)26)12-20-23(30)28(13-17-8-5-9-32-17)24(34-20)27-16-6-3-2-4-7-16/h2-12H,13-14H2,1H3/b20-12-,27-24?. The molecule has 1 saturated heterocycles. The van der Waals surface area contributed by atoms with Crippen LogP contribution in [0, 0.1) is 7.14 Å². The van der Waals surface area contributed by atoms with Gasteiger partial charge < -0.3 is 13.9 Å². The number of amidine groups is 1. The Labute approximate surface area is 227 Å². The second-order valence-electron chi connectivity index (χ2n) is 6.99. The second kappa shape index (κ2) is 11.4. The number of carbonyl (C=O) groups is 2. The van der Waals surface area contributed by atoms with Crippen LogP contribution in [0.2, 0.25) is 0 Å². The number of halogens is 2. The van der Waals surface area contributed by atoms with Crippen molar-refractivity contribution in [1.82, 2.24) is 4.90 Å². The summed E-state index contributed by atoms with van der Waals surface area (Å²) in [5.41, 5.74) is 1.61. The van der Waals surface area contributed by atoms with Gasteiger partial charge in [-0.2, -0.15) is 0 Å².